The predicted molar refractivity (Wildman–Crippen MR) is 134 cm³/mol. The number of nitrogens with one attached hydrogen (secondary N) is 2. The number of hydrogen-bond donors (Lipinski definition) is 2. The van der Waals surface area contributed by atoms with Gasteiger partial charge in [-0.05, 0) is 67.4 Å². The molecule has 34 heavy (non-hydrogen) atoms. The molecule has 4 aromatic rings. The van der Waals surface area contributed by atoms with Crippen LogP contribution in [0.4, 0.5) is 5.69 Å². The Morgan fingerprint density at radius 2 is 1.76 bits per heavy atom. The van der Waals surface area contributed by atoms with Gasteiger partial charge in [-0.15, -0.1) is 0 Å². The summed E-state index contributed by atoms with van der Waals surface area (Å²) in [5.74, 6) is 0.365. The van der Waals surface area contributed by atoms with Crippen LogP contribution in [-0.4, -0.2) is 23.5 Å². The number of carbonyl (C=O) groups excluding carboxylic acids is 2. The molecule has 4 rings (SSSR count). The van der Waals surface area contributed by atoms with Gasteiger partial charge in [0.2, 0.25) is 5.91 Å². The zero-order valence-corrected chi connectivity index (χ0v) is 20.7. The molecule has 7 nitrogen and oxygen atoms in total. The van der Waals surface area contributed by atoms with Crippen LogP contribution in [0.2, 0.25) is 0 Å². The average molecular weight is 522 g/mol. The van der Waals surface area contributed by atoms with Gasteiger partial charge in [0.05, 0.1) is 23.4 Å². The number of ether oxygens (including phenoxy) is 1. The van der Waals surface area contributed by atoms with Gasteiger partial charge < -0.3 is 19.9 Å². The van der Waals surface area contributed by atoms with Crippen molar-refractivity contribution >= 4 is 44.2 Å². The fourth-order valence-corrected chi connectivity index (χ4v) is 4.07. The molecule has 0 aliphatic rings. The number of carbonyl (C=O) groups is 2. The highest BCUT2D eigenvalue weighted by Gasteiger charge is 2.17. The van der Waals surface area contributed by atoms with Crippen molar-refractivity contribution in [3.63, 3.8) is 0 Å². The SMILES string of the molecule is Cc1cc(Br)ccc1NC(=O)CNC(=O)c1cc2ccccc2cc1OCc1c(C)noc1C. The molecular formula is C26H24BrN3O4. The Bertz CT molecular complexity index is 1360. The van der Waals surface area contributed by atoms with E-state index in [0.717, 1.165) is 32.1 Å². The molecule has 3 aromatic carbocycles. The lowest BCUT2D eigenvalue weighted by Gasteiger charge is -2.14. The van der Waals surface area contributed by atoms with E-state index in [1.807, 2.05) is 69.3 Å². The minimum atomic E-state index is -0.401. The zero-order valence-electron chi connectivity index (χ0n) is 19.1. The lowest BCUT2D eigenvalue weighted by molar-refractivity contribution is -0.115. The summed E-state index contributed by atoms with van der Waals surface area (Å²) >= 11 is 3.40. The molecule has 2 N–H and O–H groups in total. The largest absolute Gasteiger partial charge is 0.488 e. The maximum atomic E-state index is 13.1. The van der Waals surface area contributed by atoms with Gasteiger partial charge in [-0.2, -0.15) is 0 Å². The fourth-order valence-electron chi connectivity index (χ4n) is 3.59. The van der Waals surface area contributed by atoms with Gasteiger partial charge in [-0.25, -0.2) is 0 Å². The molecule has 0 fully saturated rings. The molecule has 0 aliphatic heterocycles. The normalized spacial score (nSPS) is 10.8. The first kappa shape index (κ1) is 23.5. The van der Waals surface area contributed by atoms with Gasteiger partial charge in [-0.3, -0.25) is 9.59 Å². The van der Waals surface area contributed by atoms with E-state index in [-0.39, 0.29) is 19.1 Å². The number of anilines is 1. The molecule has 1 heterocycles. The average Bonchev–Trinajstić information content (AvgIpc) is 3.14. The van der Waals surface area contributed by atoms with Crippen molar-refractivity contribution in [1.82, 2.24) is 10.5 Å². The second-order valence-electron chi connectivity index (χ2n) is 7.98. The van der Waals surface area contributed by atoms with Crippen LogP contribution in [0.25, 0.3) is 10.8 Å². The highest BCUT2D eigenvalue weighted by Crippen LogP contribution is 2.28. The summed E-state index contributed by atoms with van der Waals surface area (Å²) in [6.07, 6.45) is 0. The van der Waals surface area contributed by atoms with Crippen LogP contribution in [0.5, 0.6) is 5.75 Å². The number of aryl methyl sites for hydroxylation is 3. The Balaban J connectivity index is 1.51. The van der Waals surface area contributed by atoms with E-state index in [1.165, 1.54) is 0 Å². The maximum absolute atomic E-state index is 13.1. The van der Waals surface area contributed by atoms with Crippen molar-refractivity contribution in [2.24, 2.45) is 0 Å². The number of hydrogen-bond acceptors (Lipinski definition) is 5. The number of fused-ring (bicyclic) bond motifs is 1. The van der Waals surface area contributed by atoms with E-state index in [4.69, 9.17) is 9.26 Å². The van der Waals surface area contributed by atoms with Gasteiger partial charge in [0.1, 0.15) is 18.1 Å². The van der Waals surface area contributed by atoms with Gasteiger partial charge in [0.25, 0.3) is 5.91 Å². The molecule has 2 amide bonds. The fraction of sp³-hybridized carbons (Fsp3) is 0.192. The highest BCUT2D eigenvalue weighted by molar-refractivity contribution is 9.10. The van der Waals surface area contributed by atoms with E-state index < -0.39 is 5.91 Å². The zero-order chi connectivity index (χ0) is 24.2. The van der Waals surface area contributed by atoms with Crippen molar-refractivity contribution in [2.75, 3.05) is 11.9 Å². The second kappa shape index (κ2) is 10.1. The number of amides is 2. The van der Waals surface area contributed by atoms with Gasteiger partial charge in [0.15, 0.2) is 0 Å². The standard InChI is InChI=1S/C26H24BrN3O4/c1-15-10-20(27)8-9-23(15)29-25(31)13-28-26(32)21-11-18-6-4-5-7-19(18)12-24(21)33-14-22-16(2)30-34-17(22)3/h4-12H,13-14H2,1-3H3,(H,28,32)(H,29,31). The molecule has 0 saturated heterocycles. The predicted octanol–water partition coefficient (Wildman–Crippen LogP) is 5.46. The topological polar surface area (TPSA) is 93.5 Å². The third kappa shape index (κ3) is 5.28. The third-order valence-electron chi connectivity index (χ3n) is 5.52. The number of benzene rings is 3. The maximum Gasteiger partial charge on any atom is 0.255 e. The van der Waals surface area contributed by atoms with Crippen molar-refractivity contribution < 1.29 is 18.8 Å². The molecule has 0 radical (unpaired) electrons. The molecule has 8 heteroatoms. The lowest BCUT2D eigenvalue weighted by atomic mass is 10.1. The van der Waals surface area contributed by atoms with Crippen molar-refractivity contribution in [2.45, 2.75) is 27.4 Å². The van der Waals surface area contributed by atoms with Gasteiger partial charge >= 0.3 is 0 Å². The molecule has 0 atom stereocenters. The molecule has 174 valence electrons. The number of rotatable bonds is 7. The Morgan fingerprint density at radius 1 is 1.03 bits per heavy atom. The number of nitrogens with zero attached hydrogens (tertiary/aromatic N) is 1. The lowest BCUT2D eigenvalue weighted by Crippen LogP contribution is -2.33. The van der Waals surface area contributed by atoms with E-state index in [2.05, 4.69) is 31.7 Å². The summed E-state index contributed by atoms with van der Waals surface area (Å²) in [4.78, 5) is 25.5. The van der Waals surface area contributed by atoms with Crippen LogP contribution < -0.4 is 15.4 Å². The molecule has 1 aromatic heterocycles. The van der Waals surface area contributed by atoms with Crippen LogP contribution in [0, 0.1) is 20.8 Å². The van der Waals surface area contributed by atoms with Crippen LogP contribution in [0.1, 0.15) is 32.9 Å². The van der Waals surface area contributed by atoms with Crippen molar-refractivity contribution in [1.29, 1.82) is 0 Å². The monoisotopic (exact) mass is 521 g/mol. The first-order valence-corrected chi connectivity index (χ1v) is 11.5. The Hall–Kier alpha value is -3.65. The van der Waals surface area contributed by atoms with Crippen LogP contribution in [-0.2, 0) is 11.4 Å². The van der Waals surface area contributed by atoms with E-state index in [0.29, 0.717) is 22.8 Å². The molecule has 0 aliphatic carbocycles. The molecule has 0 saturated carbocycles. The Kier molecular flexibility index (Phi) is 6.98. The van der Waals surface area contributed by atoms with Crippen LogP contribution in [0.15, 0.2) is 63.6 Å². The number of aromatic nitrogens is 1. The first-order valence-electron chi connectivity index (χ1n) is 10.7. The van der Waals surface area contributed by atoms with E-state index in [1.54, 1.807) is 6.07 Å². The highest BCUT2D eigenvalue weighted by atomic mass is 79.9. The molecule has 0 unspecified atom stereocenters. The van der Waals surface area contributed by atoms with E-state index >= 15 is 0 Å². The first-order chi connectivity index (χ1) is 16.3. The Morgan fingerprint density at radius 3 is 2.44 bits per heavy atom. The summed E-state index contributed by atoms with van der Waals surface area (Å²) in [7, 11) is 0. The van der Waals surface area contributed by atoms with Gasteiger partial charge in [0, 0.05) is 10.2 Å². The Labute approximate surface area is 205 Å². The molecular weight excluding hydrogens is 498 g/mol. The summed E-state index contributed by atoms with van der Waals surface area (Å²) in [6.45, 7) is 5.59. The van der Waals surface area contributed by atoms with Crippen LogP contribution in [0.3, 0.4) is 0 Å². The van der Waals surface area contributed by atoms with E-state index in [9.17, 15) is 9.59 Å². The number of halogens is 1. The minimum absolute atomic E-state index is 0.176. The minimum Gasteiger partial charge on any atom is -0.488 e. The van der Waals surface area contributed by atoms with Gasteiger partial charge in [-0.1, -0.05) is 45.4 Å². The molecule has 0 bridgehead atoms. The summed E-state index contributed by atoms with van der Waals surface area (Å²) in [6, 6.07) is 16.9. The quantitative estimate of drug-likeness (QED) is 0.336. The van der Waals surface area contributed by atoms with Crippen molar-refractivity contribution in [3.8, 4) is 5.75 Å². The second-order valence-corrected chi connectivity index (χ2v) is 8.89. The summed E-state index contributed by atoms with van der Waals surface area (Å²) in [5.41, 5.74) is 3.53. The summed E-state index contributed by atoms with van der Waals surface area (Å²) < 4.78 is 12.2. The summed E-state index contributed by atoms with van der Waals surface area (Å²) in [5, 5.41) is 11.3. The molecule has 0 spiro atoms. The van der Waals surface area contributed by atoms with Crippen LogP contribution >= 0.6 is 15.9 Å². The third-order valence-corrected chi connectivity index (χ3v) is 6.01. The smallest absolute Gasteiger partial charge is 0.255 e. The van der Waals surface area contributed by atoms with Crippen molar-refractivity contribution in [3.05, 3.63) is 87.2 Å².